The van der Waals surface area contributed by atoms with Crippen molar-refractivity contribution in [2.24, 2.45) is 17.3 Å². The number of carbonyl (C=O) groups is 2. The molecule has 0 aliphatic heterocycles. The third-order valence-electron chi connectivity index (χ3n) is 6.23. The van der Waals surface area contributed by atoms with E-state index in [1.165, 1.54) is 19.3 Å². The maximum atomic E-state index is 12.4. The zero-order valence-electron chi connectivity index (χ0n) is 13.8. The Morgan fingerprint density at radius 2 is 1.87 bits per heavy atom. The van der Waals surface area contributed by atoms with Gasteiger partial charge < -0.3 is 10.1 Å². The molecular weight excluding hydrogens is 358 g/mol. The molecule has 0 aromatic rings. The van der Waals surface area contributed by atoms with Crippen molar-refractivity contribution in [2.45, 2.75) is 81.2 Å². The molecule has 5 aliphatic rings. The molecule has 0 aromatic carbocycles. The van der Waals surface area contributed by atoms with Crippen LogP contribution in [0.5, 0.6) is 0 Å². The molecule has 3 atom stereocenters. The van der Waals surface area contributed by atoms with Crippen molar-refractivity contribution >= 4 is 27.8 Å². The largest absolute Gasteiger partial charge is 0.453 e. The second-order valence-corrected chi connectivity index (χ2v) is 10.4. The van der Waals surface area contributed by atoms with E-state index in [0.717, 1.165) is 43.9 Å². The van der Waals surface area contributed by atoms with Crippen molar-refractivity contribution in [3.8, 4) is 0 Å². The van der Waals surface area contributed by atoms with Gasteiger partial charge in [0.15, 0.2) is 6.10 Å². The van der Waals surface area contributed by atoms with Crippen LogP contribution in [0.2, 0.25) is 0 Å². The van der Waals surface area contributed by atoms with Crippen molar-refractivity contribution in [1.82, 2.24) is 5.32 Å². The molecule has 0 radical (unpaired) electrons. The maximum Gasteiger partial charge on any atom is 0.307 e. The van der Waals surface area contributed by atoms with Gasteiger partial charge >= 0.3 is 5.97 Å². The van der Waals surface area contributed by atoms with Crippen LogP contribution in [0.3, 0.4) is 0 Å². The lowest BCUT2D eigenvalue weighted by atomic mass is 9.49. The summed E-state index contributed by atoms with van der Waals surface area (Å²) >= 11 is 3.97. The fourth-order valence-electron chi connectivity index (χ4n) is 5.69. The number of rotatable bonds is 5. The molecule has 1 amide bonds. The van der Waals surface area contributed by atoms with Crippen LogP contribution < -0.4 is 5.32 Å². The highest BCUT2D eigenvalue weighted by atomic mass is 79.9. The fourth-order valence-corrected chi connectivity index (χ4v) is 7.20. The number of nitrogens with one attached hydrogen (secondary N) is 1. The SMILES string of the molecule is CC(OC(=O)CC12CC3CC(CC(Br)(C3)C1)C2)C(=O)NC1CC1. The number of amides is 1. The molecule has 5 rings (SSSR count). The monoisotopic (exact) mass is 383 g/mol. The summed E-state index contributed by atoms with van der Waals surface area (Å²) in [6.45, 7) is 1.68. The molecule has 5 heteroatoms. The summed E-state index contributed by atoms with van der Waals surface area (Å²) in [5, 5.41) is 2.90. The maximum absolute atomic E-state index is 12.4. The number of alkyl halides is 1. The third-order valence-corrected chi connectivity index (χ3v) is 7.16. The quantitative estimate of drug-likeness (QED) is 0.585. The standard InChI is InChI=1S/C18H26BrNO3/c1-11(16(22)20-14-2-3-14)23-15(21)9-17-5-12-4-13(6-17)8-18(19,7-12)10-17/h11-14H,2-10H2,1H3,(H,20,22). The topological polar surface area (TPSA) is 55.4 Å². The van der Waals surface area contributed by atoms with Crippen molar-refractivity contribution < 1.29 is 14.3 Å². The molecule has 5 fully saturated rings. The molecule has 128 valence electrons. The molecule has 0 spiro atoms. The van der Waals surface area contributed by atoms with Gasteiger partial charge in [-0.1, -0.05) is 15.9 Å². The summed E-state index contributed by atoms with van der Waals surface area (Å²) < 4.78 is 5.70. The Morgan fingerprint density at radius 3 is 2.43 bits per heavy atom. The first kappa shape index (κ1) is 15.9. The third kappa shape index (κ3) is 3.31. The van der Waals surface area contributed by atoms with Gasteiger partial charge in [-0.2, -0.15) is 0 Å². The number of hydrogen-bond acceptors (Lipinski definition) is 3. The average molecular weight is 384 g/mol. The van der Waals surface area contributed by atoms with Gasteiger partial charge in [0, 0.05) is 10.4 Å². The second kappa shape index (κ2) is 5.47. The van der Waals surface area contributed by atoms with E-state index >= 15 is 0 Å². The highest BCUT2D eigenvalue weighted by Gasteiger charge is 2.57. The van der Waals surface area contributed by atoms with Gasteiger partial charge in [0.1, 0.15) is 0 Å². The van der Waals surface area contributed by atoms with Crippen LogP contribution in [-0.4, -0.2) is 28.3 Å². The number of hydrogen-bond donors (Lipinski definition) is 1. The van der Waals surface area contributed by atoms with Crippen LogP contribution in [-0.2, 0) is 14.3 Å². The van der Waals surface area contributed by atoms with Gasteiger partial charge in [0.2, 0.25) is 0 Å². The van der Waals surface area contributed by atoms with Crippen molar-refractivity contribution in [2.75, 3.05) is 0 Å². The smallest absolute Gasteiger partial charge is 0.307 e. The number of ether oxygens (including phenoxy) is 1. The highest BCUT2D eigenvalue weighted by Crippen LogP contribution is 2.65. The Morgan fingerprint density at radius 1 is 1.22 bits per heavy atom. The molecule has 3 unspecified atom stereocenters. The summed E-state index contributed by atoms with van der Waals surface area (Å²) in [5.74, 6) is 1.18. The normalized spacial score (nSPS) is 42.3. The Kier molecular flexibility index (Phi) is 3.78. The minimum Gasteiger partial charge on any atom is -0.453 e. The summed E-state index contributed by atoms with van der Waals surface area (Å²) in [6, 6.07) is 0.306. The van der Waals surface area contributed by atoms with E-state index in [1.54, 1.807) is 6.92 Å². The molecule has 0 saturated heterocycles. The fraction of sp³-hybridized carbons (Fsp3) is 0.889. The molecule has 23 heavy (non-hydrogen) atoms. The van der Waals surface area contributed by atoms with Gasteiger partial charge in [-0.25, -0.2) is 0 Å². The minimum atomic E-state index is -0.671. The molecule has 5 aliphatic carbocycles. The average Bonchev–Trinajstić information content (AvgIpc) is 3.18. The van der Waals surface area contributed by atoms with E-state index in [0.29, 0.717) is 12.5 Å². The summed E-state index contributed by atoms with van der Waals surface area (Å²) in [7, 11) is 0. The number of carbonyl (C=O) groups excluding carboxylic acids is 2. The van der Waals surface area contributed by atoms with Crippen molar-refractivity contribution in [3.05, 3.63) is 0 Å². The highest BCUT2D eigenvalue weighted by molar-refractivity contribution is 9.10. The number of esters is 1. The van der Waals surface area contributed by atoms with Crippen LogP contribution in [0, 0.1) is 17.3 Å². The molecule has 4 bridgehead atoms. The van der Waals surface area contributed by atoms with E-state index in [1.807, 2.05) is 0 Å². The van der Waals surface area contributed by atoms with Crippen molar-refractivity contribution in [1.29, 1.82) is 0 Å². The Bertz CT molecular complexity index is 516. The minimum absolute atomic E-state index is 0.108. The summed E-state index contributed by atoms with van der Waals surface area (Å²) in [6.07, 6.45) is 9.18. The Hall–Kier alpha value is -0.580. The Balaban J connectivity index is 1.35. The molecular formula is C18H26BrNO3. The lowest BCUT2D eigenvalue weighted by molar-refractivity contribution is -0.160. The van der Waals surface area contributed by atoms with E-state index in [9.17, 15) is 9.59 Å². The second-order valence-electron chi connectivity index (χ2n) is 8.70. The molecule has 4 nitrogen and oxygen atoms in total. The lowest BCUT2D eigenvalue weighted by Crippen LogP contribution is -2.53. The van der Waals surface area contributed by atoms with E-state index in [2.05, 4.69) is 21.2 Å². The Labute approximate surface area is 146 Å². The van der Waals surface area contributed by atoms with Gasteiger partial charge in [-0.3, -0.25) is 9.59 Å². The summed E-state index contributed by atoms with van der Waals surface area (Å²) in [4.78, 5) is 24.4. The van der Waals surface area contributed by atoms with Gasteiger partial charge in [-0.15, -0.1) is 0 Å². The summed E-state index contributed by atoms with van der Waals surface area (Å²) in [5.41, 5.74) is 0.108. The molecule has 0 aromatic heterocycles. The number of halogens is 1. The zero-order valence-corrected chi connectivity index (χ0v) is 15.4. The van der Waals surface area contributed by atoms with E-state index in [-0.39, 0.29) is 21.6 Å². The van der Waals surface area contributed by atoms with Crippen LogP contribution in [0.4, 0.5) is 0 Å². The van der Waals surface area contributed by atoms with Crippen LogP contribution >= 0.6 is 15.9 Å². The van der Waals surface area contributed by atoms with E-state index in [4.69, 9.17) is 4.74 Å². The van der Waals surface area contributed by atoms with Gasteiger partial charge in [-0.05, 0) is 75.5 Å². The predicted octanol–water partition coefficient (Wildman–Crippen LogP) is 3.32. The first-order valence-corrected chi connectivity index (χ1v) is 9.83. The van der Waals surface area contributed by atoms with Crippen LogP contribution in [0.15, 0.2) is 0 Å². The first-order valence-electron chi connectivity index (χ1n) is 9.04. The predicted molar refractivity (Wildman–Crippen MR) is 90.1 cm³/mol. The molecule has 5 saturated carbocycles. The van der Waals surface area contributed by atoms with Crippen molar-refractivity contribution in [3.63, 3.8) is 0 Å². The van der Waals surface area contributed by atoms with Gasteiger partial charge in [0.05, 0.1) is 6.42 Å². The molecule has 0 heterocycles. The van der Waals surface area contributed by atoms with Crippen LogP contribution in [0.1, 0.15) is 64.7 Å². The van der Waals surface area contributed by atoms with Gasteiger partial charge in [0.25, 0.3) is 5.91 Å². The van der Waals surface area contributed by atoms with Crippen LogP contribution in [0.25, 0.3) is 0 Å². The zero-order chi connectivity index (χ0) is 16.2. The van der Waals surface area contributed by atoms with E-state index < -0.39 is 6.10 Å². The lowest BCUT2D eigenvalue weighted by Gasteiger charge is -2.60. The first-order chi connectivity index (χ1) is 10.8. The molecule has 1 N–H and O–H groups in total.